The summed E-state index contributed by atoms with van der Waals surface area (Å²) in [6.45, 7) is 11.9. The monoisotopic (exact) mass is 1820 g/mol. The molecule has 0 aromatic carbocycles. The topological polar surface area (TPSA) is 385 Å². The Morgan fingerprint density at radius 2 is 0.640 bits per heavy atom. The van der Waals surface area contributed by atoms with Gasteiger partial charge in [-0.1, -0.05) is 388 Å². The summed E-state index contributed by atoms with van der Waals surface area (Å²) >= 11 is 0. The first kappa shape index (κ1) is 118. The van der Waals surface area contributed by atoms with Crippen LogP contribution in [0.15, 0.2) is 0 Å². The molecule has 125 heavy (non-hydrogen) atoms. The zero-order chi connectivity index (χ0) is 91.8. The quantitative estimate of drug-likeness (QED) is 0.0118. The van der Waals surface area contributed by atoms with Gasteiger partial charge in [-0.15, -0.1) is 0 Å². The fourth-order valence-electron chi connectivity index (χ4n) is 17.0. The first-order valence-electron chi connectivity index (χ1n) is 51.0. The van der Waals surface area contributed by atoms with Gasteiger partial charge in [-0.2, -0.15) is 0 Å². The van der Waals surface area contributed by atoms with Crippen molar-refractivity contribution in [2.24, 2.45) is 0 Å². The highest BCUT2D eigenvalue weighted by Gasteiger charge is 2.55. The van der Waals surface area contributed by atoms with Gasteiger partial charge in [0, 0.05) is 19.5 Å². The average molecular weight is 1820 g/mol. The van der Waals surface area contributed by atoms with Crippen LogP contribution in [0.5, 0.6) is 0 Å². The highest BCUT2D eigenvalue weighted by molar-refractivity contribution is 7.51. The van der Waals surface area contributed by atoms with Crippen LogP contribution in [0.2, 0.25) is 0 Å². The number of phosphoric ester groups is 1. The average Bonchev–Trinajstić information content (AvgIpc) is 0.776. The molecule has 0 bridgehead atoms. The predicted octanol–water partition coefficient (Wildman–Crippen LogP) is 22.1. The van der Waals surface area contributed by atoms with Crippen molar-refractivity contribution >= 4 is 51.1 Å². The van der Waals surface area contributed by atoms with Crippen molar-refractivity contribution in [3.63, 3.8) is 0 Å². The van der Waals surface area contributed by atoms with Gasteiger partial charge in [-0.3, -0.25) is 42.4 Å². The number of ether oxygens (including phenoxy) is 7. The standard InChI is InChI=1S/C97H184N2O24P2/c1-8-14-20-26-32-38-40-46-52-58-64-70-86(105)116-80(68-62-56-50-44-36-30-24-18-12-5)74-85(104)99-91-95(121-89(108)75-81(69-63-57-51-45-37-31-25-19-13-6)117-87(106)71-65-59-53-47-41-39-33-27-21-15-9-2)93(122-125(112,113)114)82(76-100)118-96(91)115-77-83-92(109)94(120-88(107)73-79(102)67-61-55-49-43-35-29-23-17-11-4)90(97(119-83)123-124(7,110)111)98-84(103)72-78(101)66-60-54-48-42-34-28-22-16-10-3/h78-83,90-97,100-102,109H,8-77H2,1-7H3,(H,98,103)(H,99,104)(H,110,111)(H2,112,113,114)/t78-,79-,80-,81-,82?,83?,90?,91?,92?,93?,94?,95?,96?,97?/m0/s1. The summed E-state index contributed by atoms with van der Waals surface area (Å²) in [5, 5.41) is 51.9. The minimum absolute atomic E-state index is 0.0905. The summed E-state index contributed by atoms with van der Waals surface area (Å²) in [5.41, 5.74) is 0. The fourth-order valence-corrected chi connectivity index (χ4v) is 18.1. The normalized spacial score (nSPS) is 20.6. The number of nitrogens with one attached hydrogen (secondary N) is 2. The van der Waals surface area contributed by atoms with Gasteiger partial charge in [0.05, 0.1) is 51.1 Å². The van der Waals surface area contributed by atoms with Crippen molar-refractivity contribution in [3.8, 4) is 0 Å². The molecule has 0 spiro atoms. The Morgan fingerprint density at radius 1 is 0.344 bits per heavy atom. The predicted molar refractivity (Wildman–Crippen MR) is 494 cm³/mol. The van der Waals surface area contributed by atoms with Gasteiger partial charge in [0.25, 0.3) is 0 Å². The third-order valence-corrected chi connectivity index (χ3v) is 25.5. The second-order valence-electron chi connectivity index (χ2n) is 36.5. The third kappa shape index (κ3) is 63.5. The van der Waals surface area contributed by atoms with E-state index in [9.17, 15) is 63.4 Å². The van der Waals surface area contributed by atoms with Crippen molar-refractivity contribution in [1.29, 1.82) is 0 Å². The molecule has 11 unspecified atom stereocenters. The smallest absolute Gasteiger partial charge is 0.462 e. The van der Waals surface area contributed by atoms with Gasteiger partial charge in [0.1, 0.15) is 48.7 Å². The molecule has 26 nitrogen and oxygen atoms in total. The van der Waals surface area contributed by atoms with E-state index in [1.807, 2.05) is 0 Å². The number of amides is 2. The van der Waals surface area contributed by atoms with E-state index in [-0.39, 0.29) is 38.5 Å². The fraction of sp³-hybridized carbons (Fsp3) is 0.938. The molecule has 2 rings (SSSR count). The van der Waals surface area contributed by atoms with Crippen molar-refractivity contribution in [2.75, 3.05) is 19.9 Å². The van der Waals surface area contributed by atoms with Crippen LogP contribution in [0.1, 0.15) is 478 Å². The van der Waals surface area contributed by atoms with Crippen LogP contribution >= 0.6 is 15.4 Å². The second kappa shape index (κ2) is 77.3. The highest BCUT2D eigenvalue weighted by atomic mass is 31.2. The van der Waals surface area contributed by atoms with Crippen LogP contribution in [0.25, 0.3) is 0 Å². The van der Waals surface area contributed by atoms with Gasteiger partial charge in [-0.25, -0.2) is 4.57 Å². The van der Waals surface area contributed by atoms with E-state index in [1.54, 1.807) is 0 Å². The first-order valence-corrected chi connectivity index (χ1v) is 54.5. The zero-order valence-electron chi connectivity index (χ0n) is 79.5. The molecular formula is C97H184N2O24P2. The van der Waals surface area contributed by atoms with E-state index in [2.05, 4.69) is 52.2 Å². The molecule has 0 saturated carbocycles. The molecule has 2 aliphatic heterocycles. The second-order valence-corrected chi connectivity index (χ2v) is 39.6. The number of hydrogen-bond donors (Lipinski definition) is 9. The van der Waals surface area contributed by atoms with E-state index >= 15 is 9.59 Å². The minimum atomic E-state index is -5.67. The molecule has 0 aromatic heterocycles. The molecule has 2 fully saturated rings. The molecule has 15 atom stereocenters. The molecule has 736 valence electrons. The van der Waals surface area contributed by atoms with Crippen LogP contribution in [-0.4, -0.2) is 176 Å². The van der Waals surface area contributed by atoms with E-state index in [0.717, 1.165) is 251 Å². The van der Waals surface area contributed by atoms with Crippen LogP contribution in [0.3, 0.4) is 0 Å². The van der Waals surface area contributed by atoms with Crippen LogP contribution < -0.4 is 10.6 Å². The van der Waals surface area contributed by atoms with Gasteiger partial charge >= 0.3 is 39.3 Å². The maximum atomic E-state index is 15.2. The van der Waals surface area contributed by atoms with Crippen LogP contribution in [0.4, 0.5) is 0 Å². The highest BCUT2D eigenvalue weighted by Crippen LogP contribution is 2.44. The Morgan fingerprint density at radius 3 is 0.992 bits per heavy atom. The summed E-state index contributed by atoms with van der Waals surface area (Å²) in [7, 11) is -10.3. The molecule has 0 aromatic rings. The Bertz CT molecular complexity index is 2750. The zero-order valence-corrected chi connectivity index (χ0v) is 81.3. The number of esters is 4. The van der Waals surface area contributed by atoms with Gasteiger partial charge in [0.15, 0.2) is 24.8 Å². The van der Waals surface area contributed by atoms with E-state index in [0.29, 0.717) is 38.5 Å². The lowest BCUT2D eigenvalue weighted by Crippen LogP contribution is -2.68. The summed E-state index contributed by atoms with van der Waals surface area (Å²) in [4.78, 5) is 119. The summed E-state index contributed by atoms with van der Waals surface area (Å²) < 4.78 is 81.6. The van der Waals surface area contributed by atoms with Gasteiger partial charge in [-0.05, 0) is 51.4 Å². The Kier molecular flexibility index (Phi) is 72.9. The third-order valence-electron chi connectivity index (χ3n) is 24.4. The lowest BCUT2D eigenvalue weighted by molar-refractivity contribution is -0.296. The molecule has 2 heterocycles. The lowest BCUT2D eigenvalue weighted by Gasteiger charge is -2.47. The Balaban J connectivity index is 2.84. The molecule has 0 radical (unpaired) electrons. The van der Waals surface area contributed by atoms with E-state index in [1.165, 1.54) is 89.9 Å². The minimum Gasteiger partial charge on any atom is -0.462 e. The maximum absolute atomic E-state index is 15.2. The molecule has 0 aliphatic carbocycles. The lowest BCUT2D eigenvalue weighted by atomic mass is 9.95. The summed E-state index contributed by atoms with van der Waals surface area (Å²) in [6.07, 6.45) is 38.4. The van der Waals surface area contributed by atoms with Crippen molar-refractivity contribution in [1.82, 2.24) is 10.6 Å². The number of unbranched alkanes of at least 4 members (excludes halogenated alkanes) is 52. The van der Waals surface area contributed by atoms with Crippen molar-refractivity contribution in [2.45, 2.75) is 564 Å². The number of carbonyl (C=O) groups is 6. The van der Waals surface area contributed by atoms with E-state index < -0.39 is 176 Å². The molecular weight excluding hydrogens is 1640 g/mol. The molecule has 28 heteroatoms. The Labute approximate surface area is 756 Å². The maximum Gasteiger partial charge on any atom is 0.470 e. The van der Waals surface area contributed by atoms with E-state index in [4.69, 9.17) is 42.2 Å². The molecule has 2 amide bonds. The molecule has 2 aliphatic rings. The summed E-state index contributed by atoms with van der Waals surface area (Å²) in [6, 6.07) is -3.66. The van der Waals surface area contributed by atoms with Crippen molar-refractivity contribution < 1.29 is 115 Å². The number of aliphatic hydroxyl groups excluding tert-OH is 4. The Hall–Kier alpha value is -3.20. The largest absolute Gasteiger partial charge is 0.470 e. The number of phosphoric acid groups is 1. The van der Waals surface area contributed by atoms with Crippen LogP contribution in [-0.2, 0) is 80.1 Å². The molecule has 9 N–H and O–H groups in total. The van der Waals surface area contributed by atoms with Crippen LogP contribution in [0, 0.1) is 0 Å². The van der Waals surface area contributed by atoms with Gasteiger partial charge < -0.3 is 78.9 Å². The van der Waals surface area contributed by atoms with Gasteiger partial charge in [0.2, 0.25) is 11.8 Å². The number of aliphatic hydroxyl groups is 4. The SMILES string of the molecule is CCCCCCCCCCCCCC(=O)O[C@@H](CCCCCCCCCCC)CC(=O)NC1C(OCC2OC(OP(C)(=O)O)C(NC(=O)C[C@@H](O)CCCCCCCCCCC)C(OC(=O)C[C@@H](O)CCCCCCCCCCC)C2O)OC(CO)C(OP(=O)(O)O)C1OC(=O)C[C@H](CCCCCCCCCCC)OC(=O)CCCCCCCCCCCCC. The number of carbonyl (C=O) groups excluding carboxylic acids is 6. The number of hydrogen-bond acceptors (Lipinski definition) is 21. The molecule has 2 saturated heterocycles. The summed E-state index contributed by atoms with van der Waals surface area (Å²) in [5.74, 6) is -4.81. The number of rotatable bonds is 86. The van der Waals surface area contributed by atoms with Crippen molar-refractivity contribution in [3.05, 3.63) is 0 Å². The first-order chi connectivity index (χ1) is 60.3.